The Morgan fingerprint density at radius 2 is 1.54 bits per heavy atom. The van der Waals surface area contributed by atoms with Gasteiger partial charge in [0.25, 0.3) is 0 Å². The molecule has 0 bridgehead atoms. The van der Waals surface area contributed by atoms with Crippen molar-refractivity contribution in [3.8, 4) is 0 Å². The van der Waals surface area contributed by atoms with Crippen LogP contribution in [-0.4, -0.2) is 24.2 Å². The summed E-state index contributed by atoms with van der Waals surface area (Å²) in [4.78, 5) is 9.25. The molecule has 0 amide bonds. The number of aliphatic carboxylic acids is 1. The van der Waals surface area contributed by atoms with Gasteiger partial charge >= 0.3 is 5.97 Å². The second kappa shape index (κ2) is 17.1. The molecule has 0 atom stereocenters. The fourth-order valence-corrected chi connectivity index (χ4v) is 0.332. The van der Waals surface area contributed by atoms with Gasteiger partial charge in [0, 0.05) is 6.08 Å². The van der Waals surface area contributed by atoms with Crippen molar-refractivity contribution in [1.82, 2.24) is 0 Å². The first-order valence-electron chi connectivity index (χ1n) is 3.57. The Labute approximate surface area is 85.3 Å². The smallest absolute Gasteiger partial charge is 0.327 e. The number of rotatable bonds is 5. The summed E-state index contributed by atoms with van der Waals surface area (Å²) in [6, 6.07) is 0. The van der Waals surface area contributed by atoms with E-state index in [2.05, 4.69) is 25.1 Å². The predicted molar refractivity (Wildman–Crippen MR) is 49.9 cm³/mol. The first-order valence-corrected chi connectivity index (χ1v) is 3.57. The number of hydrogen-bond donors (Lipinski definition) is 2. The molecule has 0 aliphatic heterocycles. The second-order valence-electron chi connectivity index (χ2n) is 1.88. The fraction of sp³-hybridized carbons (Fsp3) is 0.222. The van der Waals surface area contributed by atoms with E-state index in [4.69, 9.17) is 5.11 Å². The molecule has 13 heavy (non-hydrogen) atoms. The number of carbonyl (C=O) groups is 1. The minimum atomic E-state index is -0.981. The van der Waals surface area contributed by atoms with Gasteiger partial charge in [0.15, 0.2) is 0 Å². The molecule has 0 aromatic rings. The molecule has 4 heteroatoms. The predicted octanol–water partition coefficient (Wildman–Crippen LogP) is -2.82. The molecular weight excluding hydrogens is 190 g/mol. The zero-order valence-electron chi connectivity index (χ0n) is 7.58. The van der Waals surface area contributed by atoms with E-state index in [0.717, 1.165) is 19.2 Å². The SMILES string of the molecule is C=CC(=O)O.C=CC[NH2+]CC=C.[Cl-]. The van der Waals surface area contributed by atoms with E-state index in [-0.39, 0.29) is 12.4 Å². The molecule has 0 rings (SSSR count). The highest BCUT2D eigenvalue weighted by Gasteiger charge is 1.74. The molecule has 0 aliphatic carbocycles. The molecule has 0 heterocycles. The summed E-state index contributed by atoms with van der Waals surface area (Å²) in [5.74, 6) is -0.981. The van der Waals surface area contributed by atoms with E-state index in [9.17, 15) is 4.79 Å². The van der Waals surface area contributed by atoms with E-state index < -0.39 is 5.97 Å². The van der Waals surface area contributed by atoms with Gasteiger partial charge in [0.2, 0.25) is 0 Å². The standard InChI is InChI=1S/C6H11N.C3H4O2.ClH/c1-3-5-7-6-4-2;1-2-3(4)5;/h3-4,7H,1-2,5-6H2;2H,1H2,(H,4,5);1H. The summed E-state index contributed by atoms with van der Waals surface area (Å²) in [6.07, 6.45) is 4.59. The summed E-state index contributed by atoms with van der Waals surface area (Å²) < 4.78 is 0. The number of hydrogen-bond acceptors (Lipinski definition) is 1. The van der Waals surface area contributed by atoms with Gasteiger partial charge in [-0.2, -0.15) is 0 Å². The zero-order valence-corrected chi connectivity index (χ0v) is 8.33. The number of halogens is 1. The lowest BCUT2D eigenvalue weighted by Crippen LogP contribution is -3.00. The maximum absolute atomic E-state index is 9.25. The van der Waals surface area contributed by atoms with Crippen molar-refractivity contribution in [3.05, 3.63) is 38.0 Å². The second-order valence-corrected chi connectivity index (χ2v) is 1.88. The van der Waals surface area contributed by atoms with Crippen LogP contribution in [0.1, 0.15) is 0 Å². The fourth-order valence-electron chi connectivity index (χ4n) is 0.332. The normalized spacial score (nSPS) is 6.77. The van der Waals surface area contributed by atoms with Gasteiger partial charge in [0.05, 0.1) is 13.1 Å². The Balaban J connectivity index is -0.000000150. The monoisotopic (exact) mass is 205 g/mol. The Hall–Kier alpha value is -1.06. The molecule has 0 radical (unpaired) electrons. The van der Waals surface area contributed by atoms with Gasteiger partial charge in [-0.25, -0.2) is 4.79 Å². The highest BCUT2D eigenvalue weighted by Crippen LogP contribution is 1.54. The average molecular weight is 206 g/mol. The highest BCUT2D eigenvalue weighted by molar-refractivity contribution is 5.78. The van der Waals surface area contributed by atoms with Crippen molar-refractivity contribution >= 4 is 5.97 Å². The van der Waals surface area contributed by atoms with E-state index in [1.54, 1.807) is 0 Å². The van der Waals surface area contributed by atoms with Crippen LogP contribution in [0, 0.1) is 0 Å². The number of carboxylic acids is 1. The zero-order chi connectivity index (χ0) is 9.82. The maximum atomic E-state index is 9.25. The Morgan fingerprint density at radius 1 is 1.23 bits per heavy atom. The highest BCUT2D eigenvalue weighted by atomic mass is 35.5. The number of quaternary nitrogens is 1. The van der Waals surface area contributed by atoms with Gasteiger partial charge in [-0.05, 0) is 12.2 Å². The van der Waals surface area contributed by atoms with Crippen LogP contribution in [0.15, 0.2) is 38.0 Å². The van der Waals surface area contributed by atoms with Crippen molar-refractivity contribution < 1.29 is 27.6 Å². The van der Waals surface area contributed by atoms with Gasteiger partial charge in [-0.1, -0.05) is 19.7 Å². The van der Waals surface area contributed by atoms with Crippen LogP contribution in [0.3, 0.4) is 0 Å². The largest absolute Gasteiger partial charge is 1.00 e. The number of nitrogens with two attached hydrogens (primary N) is 1. The first kappa shape index (κ1) is 17.9. The van der Waals surface area contributed by atoms with Crippen LogP contribution >= 0.6 is 0 Å². The average Bonchev–Trinajstić information content (AvgIpc) is 2.07. The molecule has 0 saturated carbocycles. The van der Waals surface area contributed by atoms with E-state index >= 15 is 0 Å². The van der Waals surface area contributed by atoms with Crippen LogP contribution in [-0.2, 0) is 4.79 Å². The van der Waals surface area contributed by atoms with Crippen molar-refractivity contribution in [3.63, 3.8) is 0 Å². The molecule has 0 aromatic heterocycles. The Kier molecular flexibility index (Phi) is 23.6. The van der Waals surface area contributed by atoms with Gasteiger partial charge in [0.1, 0.15) is 0 Å². The molecule has 0 unspecified atom stereocenters. The quantitative estimate of drug-likeness (QED) is 0.289. The summed E-state index contributed by atoms with van der Waals surface area (Å²) >= 11 is 0. The molecule has 0 spiro atoms. The third-order valence-corrected chi connectivity index (χ3v) is 0.841. The van der Waals surface area contributed by atoms with E-state index in [1.165, 1.54) is 0 Å². The topological polar surface area (TPSA) is 53.9 Å². The van der Waals surface area contributed by atoms with Gasteiger partial charge in [-0.3, -0.25) is 0 Å². The molecule has 76 valence electrons. The van der Waals surface area contributed by atoms with E-state index in [1.807, 2.05) is 12.2 Å². The van der Waals surface area contributed by atoms with Crippen LogP contribution in [0.2, 0.25) is 0 Å². The van der Waals surface area contributed by atoms with Crippen LogP contribution in [0.5, 0.6) is 0 Å². The van der Waals surface area contributed by atoms with Crippen LogP contribution in [0.25, 0.3) is 0 Å². The molecule has 3 N–H and O–H groups in total. The minimum Gasteiger partial charge on any atom is -1.00 e. The first-order chi connectivity index (χ1) is 5.68. The van der Waals surface area contributed by atoms with Crippen LogP contribution < -0.4 is 17.7 Å². The van der Waals surface area contributed by atoms with Crippen molar-refractivity contribution in [2.24, 2.45) is 0 Å². The summed E-state index contributed by atoms with van der Waals surface area (Å²) in [6.45, 7) is 12.1. The van der Waals surface area contributed by atoms with Crippen molar-refractivity contribution in [2.75, 3.05) is 13.1 Å². The Bertz CT molecular complexity index is 150. The molecular formula is C9H16ClNO2. The molecule has 0 aromatic carbocycles. The van der Waals surface area contributed by atoms with Crippen LogP contribution in [0.4, 0.5) is 0 Å². The summed E-state index contributed by atoms with van der Waals surface area (Å²) in [5.41, 5.74) is 0. The molecule has 3 nitrogen and oxygen atoms in total. The molecule has 0 saturated heterocycles. The maximum Gasteiger partial charge on any atom is 0.327 e. The summed E-state index contributed by atoms with van der Waals surface area (Å²) in [7, 11) is 0. The third kappa shape index (κ3) is 35.8. The lowest BCUT2D eigenvalue weighted by atomic mass is 10.5. The Morgan fingerprint density at radius 3 is 1.69 bits per heavy atom. The minimum absolute atomic E-state index is 0. The van der Waals surface area contributed by atoms with Crippen molar-refractivity contribution in [2.45, 2.75) is 0 Å². The van der Waals surface area contributed by atoms with Gasteiger partial charge < -0.3 is 22.8 Å². The lowest BCUT2D eigenvalue weighted by molar-refractivity contribution is -0.636. The number of carboxylic acid groups (broad SMARTS) is 1. The van der Waals surface area contributed by atoms with Crippen molar-refractivity contribution in [1.29, 1.82) is 0 Å². The van der Waals surface area contributed by atoms with Gasteiger partial charge in [-0.15, -0.1) is 0 Å². The summed E-state index contributed by atoms with van der Waals surface area (Å²) in [5, 5.41) is 9.73. The molecule has 0 aliphatic rings. The lowest BCUT2D eigenvalue weighted by Gasteiger charge is -1.86. The molecule has 0 fully saturated rings. The van der Waals surface area contributed by atoms with E-state index in [0.29, 0.717) is 0 Å². The third-order valence-electron chi connectivity index (χ3n) is 0.841.